The van der Waals surface area contributed by atoms with Crippen LogP contribution in [0.25, 0.3) is 0 Å². The molecule has 166 valence electrons. The predicted molar refractivity (Wildman–Crippen MR) is 110 cm³/mol. The Morgan fingerprint density at radius 2 is 1.77 bits per heavy atom. The lowest BCUT2D eigenvalue weighted by Crippen LogP contribution is -2.50. The SMILES string of the molecule is CC1CN(S(=O)(=O)c2cccc(C(=O)N3CCCCC3C3OCCO3)c2)CC(C)O1. The number of carbonyl (C=O) groups is 1. The van der Waals surface area contributed by atoms with Gasteiger partial charge in [-0.15, -0.1) is 0 Å². The third-order valence-electron chi connectivity index (χ3n) is 5.88. The van der Waals surface area contributed by atoms with E-state index in [-0.39, 0.29) is 29.1 Å². The first kappa shape index (κ1) is 21.7. The molecular weight excluding hydrogens is 408 g/mol. The number of benzene rings is 1. The van der Waals surface area contributed by atoms with Crippen molar-refractivity contribution in [1.29, 1.82) is 0 Å². The summed E-state index contributed by atoms with van der Waals surface area (Å²) >= 11 is 0. The number of rotatable bonds is 4. The van der Waals surface area contributed by atoms with Crippen molar-refractivity contribution in [1.82, 2.24) is 9.21 Å². The summed E-state index contributed by atoms with van der Waals surface area (Å²) in [5.41, 5.74) is 0.371. The molecule has 0 radical (unpaired) electrons. The third kappa shape index (κ3) is 4.40. The smallest absolute Gasteiger partial charge is 0.254 e. The molecule has 0 aliphatic carbocycles. The van der Waals surface area contributed by atoms with Crippen molar-refractivity contribution in [3.05, 3.63) is 29.8 Å². The maximum atomic E-state index is 13.3. The summed E-state index contributed by atoms with van der Waals surface area (Å²) in [7, 11) is -3.71. The molecular formula is C21H30N2O6S. The summed E-state index contributed by atoms with van der Waals surface area (Å²) in [6.45, 7) is 6.01. The standard InChI is InChI=1S/C21H30N2O6S/c1-15-13-22(14-16(2)29-15)30(25,26)18-7-5-6-17(12-18)20(24)23-9-4-3-8-19(23)21-27-10-11-28-21/h5-7,12,15-16,19,21H,3-4,8-11,13-14H2,1-2H3. The Kier molecular flexibility index (Phi) is 6.45. The number of sulfonamides is 1. The first-order chi connectivity index (χ1) is 14.4. The van der Waals surface area contributed by atoms with Gasteiger partial charge in [0.05, 0.1) is 36.4 Å². The molecule has 3 heterocycles. The number of nitrogens with zero attached hydrogens (tertiary/aromatic N) is 2. The number of likely N-dealkylation sites (tertiary alicyclic amines) is 1. The lowest BCUT2D eigenvalue weighted by molar-refractivity contribution is -0.100. The summed E-state index contributed by atoms with van der Waals surface area (Å²) in [6, 6.07) is 6.20. The van der Waals surface area contributed by atoms with Crippen molar-refractivity contribution in [2.24, 2.45) is 0 Å². The van der Waals surface area contributed by atoms with Crippen LogP contribution < -0.4 is 0 Å². The zero-order valence-electron chi connectivity index (χ0n) is 17.5. The van der Waals surface area contributed by atoms with E-state index in [1.54, 1.807) is 23.1 Å². The van der Waals surface area contributed by atoms with Gasteiger partial charge < -0.3 is 19.1 Å². The first-order valence-electron chi connectivity index (χ1n) is 10.7. The zero-order valence-corrected chi connectivity index (χ0v) is 18.3. The number of amides is 1. The number of hydrogen-bond donors (Lipinski definition) is 0. The molecule has 1 aromatic carbocycles. The van der Waals surface area contributed by atoms with Crippen molar-refractivity contribution in [3.63, 3.8) is 0 Å². The lowest BCUT2D eigenvalue weighted by Gasteiger charge is -2.38. The second kappa shape index (κ2) is 8.92. The average molecular weight is 439 g/mol. The van der Waals surface area contributed by atoms with Gasteiger partial charge in [-0.25, -0.2) is 8.42 Å². The summed E-state index contributed by atoms with van der Waals surface area (Å²) in [5, 5.41) is 0. The molecule has 0 spiro atoms. The molecule has 1 aromatic rings. The molecule has 4 rings (SSSR count). The summed E-state index contributed by atoms with van der Waals surface area (Å²) in [6.07, 6.45) is 1.99. The van der Waals surface area contributed by atoms with Crippen LogP contribution in [0.1, 0.15) is 43.5 Å². The Hall–Kier alpha value is -1.52. The zero-order chi connectivity index (χ0) is 21.3. The van der Waals surface area contributed by atoms with E-state index in [1.165, 1.54) is 10.4 Å². The van der Waals surface area contributed by atoms with Gasteiger partial charge in [0.2, 0.25) is 10.0 Å². The highest BCUT2D eigenvalue weighted by molar-refractivity contribution is 7.89. The normalized spacial score (nSPS) is 29.3. The first-order valence-corrected chi connectivity index (χ1v) is 12.1. The molecule has 0 N–H and O–H groups in total. The number of piperidine rings is 1. The Balaban J connectivity index is 1.57. The molecule has 3 aliphatic rings. The number of ether oxygens (including phenoxy) is 3. The molecule has 3 aliphatic heterocycles. The average Bonchev–Trinajstić information content (AvgIpc) is 3.27. The number of hydrogen-bond acceptors (Lipinski definition) is 6. The molecule has 3 unspecified atom stereocenters. The van der Waals surface area contributed by atoms with Crippen LogP contribution in [0, 0.1) is 0 Å². The molecule has 8 nitrogen and oxygen atoms in total. The number of morpholine rings is 1. The Labute approximate surface area is 178 Å². The van der Waals surface area contributed by atoms with Crippen molar-refractivity contribution in [3.8, 4) is 0 Å². The van der Waals surface area contributed by atoms with Crippen LogP contribution in [0.3, 0.4) is 0 Å². The van der Waals surface area contributed by atoms with Crippen LogP contribution in [0.5, 0.6) is 0 Å². The Morgan fingerprint density at radius 3 is 2.47 bits per heavy atom. The van der Waals surface area contributed by atoms with Crippen molar-refractivity contribution in [2.45, 2.75) is 62.5 Å². The van der Waals surface area contributed by atoms with Gasteiger partial charge in [0.1, 0.15) is 0 Å². The minimum Gasteiger partial charge on any atom is -0.373 e. The van der Waals surface area contributed by atoms with Gasteiger partial charge in [-0.05, 0) is 51.3 Å². The van der Waals surface area contributed by atoms with E-state index in [4.69, 9.17) is 14.2 Å². The molecule has 0 saturated carbocycles. The molecule has 3 atom stereocenters. The van der Waals surface area contributed by atoms with E-state index < -0.39 is 16.3 Å². The highest BCUT2D eigenvalue weighted by Crippen LogP contribution is 2.27. The van der Waals surface area contributed by atoms with Gasteiger partial charge in [-0.2, -0.15) is 4.31 Å². The van der Waals surface area contributed by atoms with E-state index in [0.717, 1.165) is 19.3 Å². The van der Waals surface area contributed by atoms with Gasteiger partial charge in [-0.1, -0.05) is 6.07 Å². The predicted octanol–water partition coefficient (Wildman–Crippen LogP) is 1.85. The third-order valence-corrected chi connectivity index (χ3v) is 7.70. The van der Waals surface area contributed by atoms with Crippen LogP contribution in [0.2, 0.25) is 0 Å². The van der Waals surface area contributed by atoms with E-state index in [2.05, 4.69) is 0 Å². The fourth-order valence-corrected chi connectivity index (χ4v) is 6.16. The molecule has 0 bridgehead atoms. The highest BCUT2D eigenvalue weighted by Gasteiger charge is 2.37. The Bertz CT molecular complexity index is 860. The Morgan fingerprint density at radius 1 is 1.07 bits per heavy atom. The van der Waals surface area contributed by atoms with Gasteiger partial charge in [-0.3, -0.25) is 4.79 Å². The second-order valence-corrected chi connectivity index (χ2v) is 10.2. The van der Waals surface area contributed by atoms with Crippen LogP contribution in [-0.2, 0) is 24.2 Å². The van der Waals surface area contributed by atoms with E-state index >= 15 is 0 Å². The summed E-state index contributed by atoms with van der Waals surface area (Å²) in [5.74, 6) is -0.181. The summed E-state index contributed by atoms with van der Waals surface area (Å²) < 4.78 is 44.8. The van der Waals surface area contributed by atoms with Gasteiger partial charge in [0.15, 0.2) is 6.29 Å². The monoisotopic (exact) mass is 438 g/mol. The lowest BCUT2D eigenvalue weighted by atomic mass is 10.00. The largest absolute Gasteiger partial charge is 0.373 e. The van der Waals surface area contributed by atoms with Gasteiger partial charge in [0.25, 0.3) is 5.91 Å². The minimum atomic E-state index is -3.71. The van der Waals surface area contributed by atoms with Gasteiger partial charge >= 0.3 is 0 Å². The van der Waals surface area contributed by atoms with Crippen molar-refractivity contribution in [2.75, 3.05) is 32.8 Å². The maximum absolute atomic E-state index is 13.3. The highest BCUT2D eigenvalue weighted by atomic mass is 32.2. The summed E-state index contributed by atoms with van der Waals surface area (Å²) in [4.78, 5) is 15.2. The fraction of sp³-hybridized carbons (Fsp3) is 0.667. The van der Waals surface area contributed by atoms with Crippen LogP contribution in [0.15, 0.2) is 29.2 Å². The molecule has 0 aromatic heterocycles. The molecule has 1 amide bonds. The number of carbonyl (C=O) groups excluding carboxylic acids is 1. The van der Waals surface area contributed by atoms with E-state index in [1.807, 2.05) is 13.8 Å². The van der Waals surface area contributed by atoms with E-state index in [9.17, 15) is 13.2 Å². The fourth-order valence-electron chi connectivity index (χ4n) is 4.52. The van der Waals surface area contributed by atoms with Crippen LogP contribution in [0.4, 0.5) is 0 Å². The molecule has 3 saturated heterocycles. The second-order valence-electron chi connectivity index (χ2n) is 8.28. The van der Waals surface area contributed by atoms with Crippen LogP contribution in [-0.4, -0.2) is 80.9 Å². The quantitative estimate of drug-likeness (QED) is 0.713. The maximum Gasteiger partial charge on any atom is 0.254 e. The van der Waals surface area contributed by atoms with Crippen molar-refractivity contribution >= 4 is 15.9 Å². The van der Waals surface area contributed by atoms with Crippen molar-refractivity contribution < 1.29 is 27.4 Å². The molecule has 30 heavy (non-hydrogen) atoms. The molecule has 9 heteroatoms. The van der Waals surface area contributed by atoms with E-state index in [0.29, 0.717) is 38.4 Å². The minimum absolute atomic E-state index is 0.136. The topological polar surface area (TPSA) is 85.4 Å². The van der Waals surface area contributed by atoms with Crippen LogP contribution >= 0.6 is 0 Å². The molecule has 3 fully saturated rings. The van der Waals surface area contributed by atoms with Gasteiger partial charge in [0, 0.05) is 25.2 Å².